The van der Waals surface area contributed by atoms with Crippen molar-refractivity contribution in [2.24, 2.45) is 0 Å². The highest BCUT2D eigenvalue weighted by molar-refractivity contribution is 5.99. The van der Waals surface area contributed by atoms with Crippen molar-refractivity contribution in [1.82, 2.24) is 10.5 Å². The molecule has 122 valence electrons. The summed E-state index contributed by atoms with van der Waals surface area (Å²) in [6, 6.07) is 19.9. The van der Waals surface area contributed by atoms with Crippen molar-refractivity contribution >= 4 is 5.91 Å². The van der Waals surface area contributed by atoms with E-state index in [0.29, 0.717) is 11.3 Å². The van der Waals surface area contributed by atoms with Crippen LogP contribution in [0.2, 0.25) is 0 Å². The fourth-order valence-electron chi connectivity index (χ4n) is 2.60. The van der Waals surface area contributed by atoms with E-state index in [2.05, 4.69) is 22.6 Å². The summed E-state index contributed by atoms with van der Waals surface area (Å²) in [5.41, 5.74) is 3.18. The predicted molar refractivity (Wildman–Crippen MR) is 93.6 cm³/mol. The van der Waals surface area contributed by atoms with Gasteiger partial charge in [0.25, 0.3) is 5.91 Å². The SMILES string of the molecule is CC(CCc1ccccc1)NC(=O)c1conc1-c1ccccc1. The molecule has 1 aromatic heterocycles. The molecule has 0 saturated carbocycles. The van der Waals surface area contributed by atoms with Crippen LogP contribution in [0.5, 0.6) is 0 Å². The second-order valence-corrected chi connectivity index (χ2v) is 5.84. The number of hydrogen-bond acceptors (Lipinski definition) is 3. The first-order valence-electron chi connectivity index (χ1n) is 8.08. The summed E-state index contributed by atoms with van der Waals surface area (Å²) in [6.07, 6.45) is 3.21. The van der Waals surface area contributed by atoms with E-state index in [9.17, 15) is 4.79 Å². The second-order valence-electron chi connectivity index (χ2n) is 5.84. The van der Waals surface area contributed by atoms with Gasteiger partial charge in [-0.2, -0.15) is 0 Å². The third kappa shape index (κ3) is 3.90. The van der Waals surface area contributed by atoms with Crippen molar-refractivity contribution in [3.05, 3.63) is 78.1 Å². The van der Waals surface area contributed by atoms with Crippen molar-refractivity contribution in [3.63, 3.8) is 0 Å². The molecule has 0 aliphatic heterocycles. The molecule has 1 unspecified atom stereocenters. The molecule has 0 aliphatic rings. The van der Waals surface area contributed by atoms with Gasteiger partial charge in [0.2, 0.25) is 0 Å². The van der Waals surface area contributed by atoms with Crippen LogP contribution < -0.4 is 5.32 Å². The van der Waals surface area contributed by atoms with Crippen molar-refractivity contribution in [3.8, 4) is 11.3 Å². The van der Waals surface area contributed by atoms with Gasteiger partial charge in [-0.15, -0.1) is 0 Å². The van der Waals surface area contributed by atoms with E-state index >= 15 is 0 Å². The summed E-state index contributed by atoms with van der Waals surface area (Å²) in [7, 11) is 0. The molecule has 24 heavy (non-hydrogen) atoms. The zero-order valence-corrected chi connectivity index (χ0v) is 13.6. The molecule has 1 amide bonds. The molecule has 0 saturated heterocycles. The molecule has 0 fully saturated rings. The van der Waals surface area contributed by atoms with E-state index in [-0.39, 0.29) is 11.9 Å². The smallest absolute Gasteiger partial charge is 0.257 e. The first-order valence-corrected chi connectivity index (χ1v) is 8.08. The van der Waals surface area contributed by atoms with Crippen LogP contribution in [0.15, 0.2) is 71.4 Å². The van der Waals surface area contributed by atoms with Gasteiger partial charge in [-0.3, -0.25) is 4.79 Å². The molecule has 0 radical (unpaired) electrons. The van der Waals surface area contributed by atoms with Crippen LogP contribution in [0.3, 0.4) is 0 Å². The topological polar surface area (TPSA) is 55.1 Å². The number of carbonyl (C=O) groups is 1. The zero-order valence-electron chi connectivity index (χ0n) is 13.6. The lowest BCUT2D eigenvalue weighted by atomic mass is 10.0. The minimum atomic E-state index is -0.157. The molecule has 2 aromatic carbocycles. The first kappa shape index (κ1) is 16.0. The lowest BCUT2D eigenvalue weighted by Crippen LogP contribution is -2.33. The second kappa shape index (κ2) is 7.59. The molecule has 1 N–H and O–H groups in total. The number of aromatic nitrogens is 1. The maximum atomic E-state index is 12.5. The van der Waals surface area contributed by atoms with E-state index < -0.39 is 0 Å². The van der Waals surface area contributed by atoms with Crippen LogP contribution in [0.1, 0.15) is 29.3 Å². The number of carbonyl (C=O) groups excluding carboxylic acids is 1. The number of hydrogen-bond donors (Lipinski definition) is 1. The van der Waals surface area contributed by atoms with Crippen LogP contribution in [0.25, 0.3) is 11.3 Å². The minimum absolute atomic E-state index is 0.0660. The Morgan fingerprint density at radius 2 is 1.75 bits per heavy atom. The van der Waals surface area contributed by atoms with Gasteiger partial charge >= 0.3 is 0 Å². The highest BCUT2D eigenvalue weighted by Crippen LogP contribution is 2.21. The van der Waals surface area contributed by atoms with E-state index in [0.717, 1.165) is 18.4 Å². The third-order valence-corrected chi connectivity index (χ3v) is 3.95. The summed E-state index contributed by atoms with van der Waals surface area (Å²) in [5.74, 6) is -0.157. The average molecular weight is 320 g/mol. The molecule has 0 aliphatic carbocycles. The standard InChI is InChI=1S/C20H20N2O2/c1-15(12-13-16-8-4-2-5-9-16)21-20(23)18-14-24-22-19(18)17-10-6-3-7-11-17/h2-11,14-15H,12-13H2,1H3,(H,21,23). The highest BCUT2D eigenvalue weighted by Gasteiger charge is 2.18. The van der Waals surface area contributed by atoms with Gasteiger partial charge in [0.15, 0.2) is 0 Å². The number of amides is 1. The quantitative estimate of drug-likeness (QED) is 0.744. The van der Waals surface area contributed by atoms with Gasteiger partial charge in [0.05, 0.1) is 0 Å². The number of aryl methyl sites for hydroxylation is 1. The Labute approximate surface area is 141 Å². The van der Waals surface area contributed by atoms with Gasteiger partial charge in [0, 0.05) is 11.6 Å². The monoisotopic (exact) mass is 320 g/mol. The largest absolute Gasteiger partial charge is 0.363 e. The Kier molecular flexibility index (Phi) is 5.06. The molecule has 3 aromatic rings. The van der Waals surface area contributed by atoms with E-state index in [1.54, 1.807) is 0 Å². The molecule has 4 nitrogen and oxygen atoms in total. The molecule has 4 heteroatoms. The summed E-state index contributed by atoms with van der Waals surface area (Å²) in [6.45, 7) is 2.01. The summed E-state index contributed by atoms with van der Waals surface area (Å²) < 4.78 is 5.02. The maximum absolute atomic E-state index is 12.5. The zero-order chi connectivity index (χ0) is 16.8. The van der Waals surface area contributed by atoms with E-state index in [4.69, 9.17) is 4.52 Å². The Balaban J connectivity index is 1.62. The summed E-state index contributed by atoms with van der Waals surface area (Å²) in [4.78, 5) is 12.5. The lowest BCUT2D eigenvalue weighted by Gasteiger charge is -2.13. The van der Waals surface area contributed by atoms with Crippen molar-refractivity contribution in [1.29, 1.82) is 0 Å². The van der Waals surface area contributed by atoms with Crippen LogP contribution in [0.4, 0.5) is 0 Å². The Hall–Kier alpha value is -2.88. The molecular formula is C20H20N2O2. The molecular weight excluding hydrogens is 300 g/mol. The Bertz CT molecular complexity index is 782. The lowest BCUT2D eigenvalue weighted by molar-refractivity contribution is 0.0938. The first-order chi connectivity index (χ1) is 11.7. The minimum Gasteiger partial charge on any atom is -0.363 e. The van der Waals surface area contributed by atoms with E-state index in [1.807, 2.05) is 55.5 Å². The predicted octanol–water partition coefficient (Wildman–Crippen LogP) is 4.09. The molecule has 0 spiro atoms. The number of rotatable bonds is 6. The fourth-order valence-corrected chi connectivity index (χ4v) is 2.60. The Morgan fingerprint density at radius 3 is 2.46 bits per heavy atom. The van der Waals surface area contributed by atoms with Crippen LogP contribution in [0, 0.1) is 0 Å². The normalized spacial score (nSPS) is 11.9. The van der Waals surface area contributed by atoms with Crippen molar-refractivity contribution in [2.75, 3.05) is 0 Å². The van der Waals surface area contributed by atoms with Gasteiger partial charge in [0.1, 0.15) is 17.5 Å². The summed E-state index contributed by atoms with van der Waals surface area (Å²) >= 11 is 0. The number of benzene rings is 2. The Morgan fingerprint density at radius 1 is 1.08 bits per heavy atom. The molecule has 0 bridgehead atoms. The number of nitrogens with zero attached hydrogens (tertiary/aromatic N) is 1. The summed E-state index contributed by atoms with van der Waals surface area (Å²) in [5, 5.41) is 7.00. The number of nitrogens with one attached hydrogen (secondary N) is 1. The van der Waals surface area contributed by atoms with Gasteiger partial charge in [-0.1, -0.05) is 65.8 Å². The van der Waals surface area contributed by atoms with Crippen LogP contribution >= 0.6 is 0 Å². The highest BCUT2D eigenvalue weighted by atomic mass is 16.5. The third-order valence-electron chi connectivity index (χ3n) is 3.95. The molecule has 1 atom stereocenters. The van der Waals surface area contributed by atoms with Crippen molar-refractivity contribution < 1.29 is 9.32 Å². The van der Waals surface area contributed by atoms with Gasteiger partial charge < -0.3 is 9.84 Å². The molecule has 3 rings (SSSR count). The van der Waals surface area contributed by atoms with Crippen molar-refractivity contribution in [2.45, 2.75) is 25.8 Å². The fraction of sp³-hybridized carbons (Fsp3) is 0.200. The van der Waals surface area contributed by atoms with Gasteiger partial charge in [-0.05, 0) is 25.3 Å². The molecule has 1 heterocycles. The van der Waals surface area contributed by atoms with Crippen LogP contribution in [-0.2, 0) is 6.42 Å². The maximum Gasteiger partial charge on any atom is 0.257 e. The van der Waals surface area contributed by atoms with Gasteiger partial charge in [-0.25, -0.2) is 0 Å². The van der Waals surface area contributed by atoms with Crippen LogP contribution in [-0.4, -0.2) is 17.1 Å². The average Bonchev–Trinajstić information content (AvgIpc) is 3.11. The van der Waals surface area contributed by atoms with E-state index in [1.165, 1.54) is 11.8 Å².